The first-order valence-corrected chi connectivity index (χ1v) is 7.02. The Hall–Kier alpha value is -1.08. The standard InChI is InChI=1S/C10H13N3O2S2/c1-6-7(2)17-9(11-6)12-8(14)5-13-3-4-16-10(13)15/h3-5H2,1-2H3,(H,11,12,14). The third-order valence-electron chi connectivity index (χ3n) is 2.45. The first kappa shape index (κ1) is 12.4. The number of hydrogen-bond donors (Lipinski definition) is 1. The number of anilines is 1. The summed E-state index contributed by atoms with van der Waals surface area (Å²) >= 11 is 2.70. The van der Waals surface area contributed by atoms with Crippen LogP contribution in [0.5, 0.6) is 0 Å². The van der Waals surface area contributed by atoms with Crippen LogP contribution < -0.4 is 5.32 Å². The van der Waals surface area contributed by atoms with Gasteiger partial charge in [-0.3, -0.25) is 9.59 Å². The molecule has 2 rings (SSSR count). The van der Waals surface area contributed by atoms with Crippen molar-refractivity contribution in [1.82, 2.24) is 9.88 Å². The van der Waals surface area contributed by atoms with Crippen molar-refractivity contribution in [3.63, 3.8) is 0 Å². The molecule has 0 saturated carbocycles. The minimum Gasteiger partial charge on any atom is -0.323 e. The highest BCUT2D eigenvalue weighted by molar-refractivity contribution is 8.13. The van der Waals surface area contributed by atoms with Gasteiger partial charge in [-0.15, -0.1) is 11.3 Å². The summed E-state index contributed by atoms with van der Waals surface area (Å²) in [7, 11) is 0. The number of thiazole rings is 1. The van der Waals surface area contributed by atoms with Gasteiger partial charge in [0.25, 0.3) is 5.24 Å². The lowest BCUT2D eigenvalue weighted by Gasteiger charge is -2.12. The molecular formula is C10H13N3O2S2. The fourth-order valence-corrected chi connectivity index (χ4v) is 3.08. The lowest BCUT2D eigenvalue weighted by Crippen LogP contribution is -2.33. The number of nitrogens with one attached hydrogen (secondary N) is 1. The van der Waals surface area contributed by atoms with Gasteiger partial charge in [-0.25, -0.2) is 4.98 Å². The zero-order valence-corrected chi connectivity index (χ0v) is 11.3. The number of carbonyl (C=O) groups excluding carboxylic acids is 2. The molecule has 0 spiro atoms. The van der Waals surface area contributed by atoms with E-state index in [9.17, 15) is 9.59 Å². The highest BCUT2D eigenvalue weighted by atomic mass is 32.2. The van der Waals surface area contributed by atoms with Gasteiger partial charge in [-0.05, 0) is 13.8 Å². The SMILES string of the molecule is Cc1nc(NC(=O)CN2CCSC2=O)sc1C. The van der Waals surface area contributed by atoms with Gasteiger partial charge in [0, 0.05) is 17.2 Å². The molecule has 1 aliphatic rings. The number of nitrogens with zero attached hydrogens (tertiary/aromatic N) is 2. The Labute approximate surface area is 108 Å². The predicted octanol–water partition coefficient (Wildman–Crippen LogP) is 1.87. The Bertz CT molecular complexity index is 439. The smallest absolute Gasteiger partial charge is 0.282 e. The van der Waals surface area contributed by atoms with Gasteiger partial charge in [0.2, 0.25) is 5.91 Å². The lowest BCUT2D eigenvalue weighted by molar-refractivity contribution is -0.116. The van der Waals surface area contributed by atoms with Crippen molar-refractivity contribution < 1.29 is 9.59 Å². The van der Waals surface area contributed by atoms with Crippen molar-refractivity contribution >= 4 is 39.4 Å². The third-order valence-corrected chi connectivity index (χ3v) is 4.33. The Balaban J connectivity index is 1.91. The van der Waals surface area contributed by atoms with Crippen LogP contribution >= 0.6 is 23.1 Å². The summed E-state index contributed by atoms with van der Waals surface area (Å²) in [6.07, 6.45) is 0. The molecule has 17 heavy (non-hydrogen) atoms. The monoisotopic (exact) mass is 271 g/mol. The molecule has 0 aliphatic carbocycles. The van der Waals surface area contributed by atoms with Crippen LogP contribution in [0, 0.1) is 13.8 Å². The van der Waals surface area contributed by atoms with Crippen molar-refractivity contribution in [3.05, 3.63) is 10.6 Å². The van der Waals surface area contributed by atoms with E-state index in [1.807, 2.05) is 13.8 Å². The van der Waals surface area contributed by atoms with E-state index in [1.54, 1.807) is 4.90 Å². The van der Waals surface area contributed by atoms with Crippen LogP contribution in [0.4, 0.5) is 9.93 Å². The highest BCUT2D eigenvalue weighted by Crippen LogP contribution is 2.21. The average Bonchev–Trinajstić information content (AvgIpc) is 2.76. The summed E-state index contributed by atoms with van der Waals surface area (Å²) < 4.78 is 0. The first-order valence-electron chi connectivity index (χ1n) is 5.22. The average molecular weight is 271 g/mol. The van der Waals surface area contributed by atoms with Crippen molar-refractivity contribution in [2.75, 3.05) is 24.2 Å². The quantitative estimate of drug-likeness (QED) is 0.911. The summed E-state index contributed by atoms with van der Waals surface area (Å²) in [4.78, 5) is 29.9. The molecule has 1 aromatic heterocycles. The molecule has 92 valence electrons. The summed E-state index contributed by atoms with van der Waals surface area (Å²) in [5, 5.41) is 3.30. The minimum absolute atomic E-state index is 0.0216. The van der Waals surface area contributed by atoms with Crippen molar-refractivity contribution in [1.29, 1.82) is 0 Å². The van der Waals surface area contributed by atoms with E-state index in [0.717, 1.165) is 16.3 Å². The minimum atomic E-state index is -0.186. The maximum atomic E-state index is 11.7. The van der Waals surface area contributed by atoms with Crippen LogP contribution in [0.3, 0.4) is 0 Å². The van der Waals surface area contributed by atoms with E-state index < -0.39 is 0 Å². The fraction of sp³-hybridized carbons (Fsp3) is 0.500. The summed E-state index contributed by atoms with van der Waals surface area (Å²) in [5.74, 6) is 0.580. The predicted molar refractivity (Wildman–Crippen MR) is 69.6 cm³/mol. The molecule has 7 heteroatoms. The van der Waals surface area contributed by atoms with E-state index in [2.05, 4.69) is 10.3 Å². The van der Waals surface area contributed by atoms with Gasteiger partial charge >= 0.3 is 0 Å². The normalized spacial score (nSPS) is 15.4. The Kier molecular flexibility index (Phi) is 3.68. The molecule has 1 fully saturated rings. The largest absolute Gasteiger partial charge is 0.323 e. The second-order valence-electron chi connectivity index (χ2n) is 3.74. The van der Waals surface area contributed by atoms with Gasteiger partial charge in [0.1, 0.15) is 6.54 Å². The molecule has 1 saturated heterocycles. The molecule has 0 radical (unpaired) electrons. The van der Waals surface area contributed by atoms with E-state index in [0.29, 0.717) is 11.7 Å². The van der Waals surface area contributed by atoms with Gasteiger partial charge in [0.15, 0.2) is 5.13 Å². The molecule has 0 atom stereocenters. The molecule has 1 N–H and O–H groups in total. The molecule has 0 aromatic carbocycles. The Morgan fingerprint density at radius 2 is 2.29 bits per heavy atom. The van der Waals surface area contributed by atoms with E-state index in [4.69, 9.17) is 0 Å². The van der Waals surface area contributed by atoms with Crippen molar-refractivity contribution in [3.8, 4) is 0 Å². The van der Waals surface area contributed by atoms with Crippen molar-refractivity contribution in [2.45, 2.75) is 13.8 Å². The molecular weight excluding hydrogens is 258 g/mol. The molecule has 5 nitrogen and oxygen atoms in total. The lowest BCUT2D eigenvalue weighted by atomic mass is 10.4. The number of carbonyl (C=O) groups is 2. The number of aromatic nitrogens is 1. The van der Waals surface area contributed by atoms with E-state index in [-0.39, 0.29) is 17.7 Å². The van der Waals surface area contributed by atoms with Crippen LogP contribution in [0.25, 0.3) is 0 Å². The molecule has 1 aromatic rings. The zero-order chi connectivity index (χ0) is 12.4. The molecule has 2 heterocycles. The van der Waals surface area contributed by atoms with Gasteiger partial charge in [-0.2, -0.15) is 0 Å². The summed E-state index contributed by atoms with van der Waals surface area (Å²) in [5.41, 5.74) is 0.929. The number of amides is 2. The molecule has 0 bridgehead atoms. The Morgan fingerprint density at radius 3 is 2.82 bits per heavy atom. The molecule has 2 amide bonds. The third kappa shape index (κ3) is 2.98. The van der Waals surface area contributed by atoms with Crippen LogP contribution in [-0.2, 0) is 4.79 Å². The van der Waals surface area contributed by atoms with Gasteiger partial charge in [0.05, 0.1) is 5.69 Å². The fourth-order valence-electron chi connectivity index (χ4n) is 1.43. The maximum Gasteiger partial charge on any atom is 0.282 e. The van der Waals surface area contributed by atoms with Crippen molar-refractivity contribution in [2.24, 2.45) is 0 Å². The van der Waals surface area contributed by atoms with Crippen LogP contribution in [0.2, 0.25) is 0 Å². The highest BCUT2D eigenvalue weighted by Gasteiger charge is 2.23. The number of hydrogen-bond acceptors (Lipinski definition) is 5. The topological polar surface area (TPSA) is 62.3 Å². The number of rotatable bonds is 3. The molecule has 0 unspecified atom stereocenters. The van der Waals surface area contributed by atoms with Crippen LogP contribution in [0.15, 0.2) is 0 Å². The second kappa shape index (κ2) is 5.05. The zero-order valence-electron chi connectivity index (χ0n) is 9.65. The van der Waals surface area contributed by atoms with Gasteiger partial charge < -0.3 is 10.2 Å². The van der Waals surface area contributed by atoms with E-state index in [1.165, 1.54) is 23.1 Å². The maximum absolute atomic E-state index is 11.7. The first-order chi connectivity index (χ1) is 8.06. The molecule has 1 aliphatic heterocycles. The number of thioether (sulfide) groups is 1. The van der Waals surface area contributed by atoms with Gasteiger partial charge in [-0.1, -0.05) is 11.8 Å². The van der Waals surface area contributed by atoms with E-state index >= 15 is 0 Å². The summed E-state index contributed by atoms with van der Waals surface area (Å²) in [6, 6.07) is 0. The van der Waals surface area contributed by atoms with Crippen LogP contribution in [-0.4, -0.2) is 39.9 Å². The van der Waals surface area contributed by atoms with Crippen LogP contribution in [0.1, 0.15) is 10.6 Å². The summed E-state index contributed by atoms with van der Waals surface area (Å²) in [6.45, 7) is 4.63. The number of aryl methyl sites for hydroxylation is 2. The Morgan fingerprint density at radius 1 is 1.53 bits per heavy atom. The second-order valence-corrected chi connectivity index (χ2v) is 5.99.